The third-order valence-corrected chi connectivity index (χ3v) is 7.19. The van der Waals surface area contributed by atoms with Crippen molar-refractivity contribution in [1.29, 1.82) is 0 Å². The van der Waals surface area contributed by atoms with Crippen LogP contribution in [0.4, 0.5) is 24.9 Å². The van der Waals surface area contributed by atoms with Crippen molar-refractivity contribution in [1.82, 2.24) is 14.9 Å². The number of hydrogen-bond acceptors (Lipinski definition) is 8. The maximum absolute atomic E-state index is 12.9. The van der Waals surface area contributed by atoms with Crippen LogP contribution < -0.4 is 20.1 Å². The fourth-order valence-electron chi connectivity index (χ4n) is 4.80. The Hall–Kier alpha value is -3.93. The smallest absolute Gasteiger partial charge is 0.428 e. The zero-order valence-electron chi connectivity index (χ0n) is 23.7. The molecule has 12 heteroatoms. The molecule has 1 atom stereocenters. The summed E-state index contributed by atoms with van der Waals surface area (Å²) in [6.07, 6.45) is 1.74. The highest BCUT2D eigenvalue weighted by Crippen LogP contribution is 2.27. The van der Waals surface area contributed by atoms with E-state index in [0.717, 1.165) is 62.5 Å². The minimum atomic E-state index is -4.65. The molecule has 0 saturated carbocycles. The number of ether oxygens (including phenoxy) is 1. The average molecular weight is 588 g/mol. The first-order chi connectivity index (χ1) is 20.2. The Morgan fingerprint density at radius 3 is 2.71 bits per heavy atom. The number of unbranched alkanes of at least 4 members (excludes halogenated alkanes) is 1. The number of rotatable bonds is 15. The number of alkyl halides is 3. The summed E-state index contributed by atoms with van der Waals surface area (Å²) in [6, 6.07) is 13.0. The van der Waals surface area contributed by atoms with E-state index in [1.54, 1.807) is 0 Å². The van der Waals surface area contributed by atoms with E-state index in [-0.39, 0.29) is 16.5 Å². The average Bonchev–Trinajstić information content (AvgIpc) is 2.97. The van der Waals surface area contributed by atoms with Gasteiger partial charge in [-0.15, -0.1) is 0 Å². The third-order valence-electron chi connectivity index (χ3n) is 7.19. The van der Waals surface area contributed by atoms with Gasteiger partial charge in [0.1, 0.15) is 42.2 Å². The predicted octanol–water partition coefficient (Wildman–Crippen LogP) is 4.54. The Kier molecular flexibility index (Phi) is 10.9. The van der Waals surface area contributed by atoms with Gasteiger partial charge < -0.3 is 15.3 Å². The molecule has 0 spiro atoms. The van der Waals surface area contributed by atoms with Crippen molar-refractivity contribution in [2.75, 3.05) is 43.4 Å². The van der Waals surface area contributed by atoms with Gasteiger partial charge in [-0.1, -0.05) is 34.0 Å². The van der Waals surface area contributed by atoms with Gasteiger partial charge in [0.25, 0.3) is 0 Å². The number of pyridine rings is 1. The van der Waals surface area contributed by atoms with E-state index in [4.69, 9.17) is 9.72 Å². The van der Waals surface area contributed by atoms with Crippen LogP contribution in [-0.2, 0) is 23.8 Å². The van der Waals surface area contributed by atoms with Gasteiger partial charge in [-0.05, 0) is 69.3 Å². The molecule has 3 aromatic rings. The molecular formula is C30H38F3N6O3+. The second kappa shape index (κ2) is 14.8. The number of halogens is 3. The van der Waals surface area contributed by atoms with Gasteiger partial charge >= 0.3 is 12.1 Å². The molecule has 0 radical (unpaired) electrons. The highest BCUT2D eigenvalue weighted by molar-refractivity contribution is 5.83. The number of benzene rings is 1. The first kappa shape index (κ1) is 31.0. The summed E-state index contributed by atoms with van der Waals surface area (Å²) in [7, 11) is 0. The highest BCUT2D eigenvalue weighted by atomic mass is 19.4. The van der Waals surface area contributed by atoms with E-state index in [2.05, 4.69) is 32.7 Å². The summed E-state index contributed by atoms with van der Waals surface area (Å²) in [5.74, 6) is 1.31. The maximum Gasteiger partial charge on any atom is 0.428 e. The lowest BCUT2D eigenvalue weighted by Gasteiger charge is -2.24. The highest BCUT2D eigenvalue weighted by Gasteiger charge is 2.35. The number of anilines is 2. The molecule has 4 rings (SSSR count). The number of aromatic nitrogens is 3. The molecule has 1 aliphatic rings. The van der Waals surface area contributed by atoms with Gasteiger partial charge in [-0.3, -0.25) is 15.0 Å². The van der Waals surface area contributed by atoms with Crippen LogP contribution in [0.2, 0.25) is 0 Å². The number of fused-ring (bicyclic) bond motifs is 1. The molecule has 0 fully saturated rings. The summed E-state index contributed by atoms with van der Waals surface area (Å²) < 4.78 is 45.0. The zero-order valence-corrected chi connectivity index (χ0v) is 23.7. The maximum atomic E-state index is 12.9. The van der Waals surface area contributed by atoms with Crippen LogP contribution in [0.3, 0.4) is 0 Å². The van der Waals surface area contributed by atoms with Crippen molar-refractivity contribution in [3.05, 3.63) is 71.7 Å². The van der Waals surface area contributed by atoms with Crippen molar-refractivity contribution in [3.63, 3.8) is 0 Å². The molecule has 1 aliphatic heterocycles. The summed E-state index contributed by atoms with van der Waals surface area (Å²) in [4.78, 5) is 23.1. The summed E-state index contributed by atoms with van der Waals surface area (Å²) in [6.45, 7) is 4.73. The molecule has 1 aromatic carbocycles. The number of para-hydroxylation sites is 1. The van der Waals surface area contributed by atoms with Gasteiger partial charge in [0, 0.05) is 31.7 Å². The second-order valence-corrected chi connectivity index (χ2v) is 10.4. The Bertz CT molecular complexity index is 1310. The van der Waals surface area contributed by atoms with Crippen LogP contribution in [0.1, 0.15) is 49.4 Å². The lowest BCUT2D eigenvalue weighted by Crippen LogP contribution is -2.42. The van der Waals surface area contributed by atoms with E-state index in [9.17, 15) is 23.2 Å². The Balaban J connectivity index is 1.33. The quantitative estimate of drug-likeness (QED) is 0.135. The number of carbonyl (C=O) groups is 1. The van der Waals surface area contributed by atoms with Crippen LogP contribution >= 0.6 is 0 Å². The molecule has 42 heavy (non-hydrogen) atoms. The van der Waals surface area contributed by atoms with Crippen LogP contribution in [0, 0.1) is 0 Å². The number of Topliss-reactive ketones (excluding diaryl/α,β-unsaturated/α-hetero) is 1. The monoisotopic (exact) mass is 587 g/mol. The fraction of sp³-hybridized carbons (Fsp3) is 0.467. The standard InChI is InChI=1S/C30H37F3N6O3/c1-22(40)27(37-29-35-20-24(21-39(29)41)30(31,32)33)14-17-38(18-19-42-26-10-3-2-4-11-26)16-6-5-9-25-13-12-23-8-7-15-34-28(23)36-25/h2-4,10-13,20-21,27,41H,5-9,14-19H2,1H3,(H,34,36)/p+1. The molecule has 0 saturated heterocycles. The van der Waals surface area contributed by atoms with Crippen LogP contribution in [0.5, 0.6) is 5.75 Å². The first-order valence-electron chi connectivity index (χ1n) is 14.3. The fourth-order valence-corrected chi connectivity index (χ4v) is 4.80. The van der Waals surface area contributed by atoms with Crippen LogP contribution in [0.25, 0.3) is 0 Å². The summed E-state index contributed by atoms with van der Waals surface area (Å²) in [5.41, 5.74) is 1.23. The number of ketones is 1. The molecule has 1 unspecified atom stereocenters. The van der Waals surface area contributed by atoms with Gasteiger partial charge in [0.05, 0.1) is 0 Å². The molecule has 0 aliphatic carbocycles. The van der Waals surface area contributed by atoms with E-state index < -0.39 is 17.8 Å². The molecule has 0 bridgehead atoms. The number of carbonyl (C=O) groups excluding carboxylic acids is 1. The van der Waals surface area contributed by atoms with E-state index >= 15 is 0 Å². The zero-order chi connectivity index (χ0) is 30.0. The topological polar surface area (TPSA) is 103 Å². The first-order valence-corrected chi connectivity index (χ1v) is 14.3. The molecule has 2 aromatic heterocycles. The van der Waals surface area contributed by atoms with Gasteiger partial charge in [-0.25, -0.2) is 4.98 Å². The van der Waals surface area contributed by atoms with Gasteiger partial charge in [0.2, 0.25) is 0 Å². The molecule has 3 N–H and O–H groups in total. The molecule has 3 heterocycles. The van der Waals surface area contributed by atoms with Crippen molar-refractivity contribution >= 4 is 17.5 Å². The van der Waals surface area contributed by atoms with E-state index in [1.807, 2.05) is 30.3 Å². The minimum absolute atomic E-state index is 0.218. The van der Waals surface area contributed by atoms with Crippen molar-refractivity contribution < 1.29 is 32.6 Å². The number of nitrogens with one attached hydrogen (secondary N) is 2. The number of nitrogens with zero attached hydrogens (tertiary/aromatic N) is 4. The summed E-state index contributed by atoms with van der Waals surface area (Å²) >= 11 is 0. The van der Waals surface area contributed by atoms with Gasteiger partial charge in [-0.2, -0.15) is 13.2 Å². The number of aryl methyl sites for hydroxylation is 2. The Morgan fingerprint density at radius 1 is 1.17 bits per heavy atom. The summed E-state index contributed by atoms with van der Waals surface area (Å²) in [5, 5.41) is 16.2. The van der Waals surface area contributed by atoms with Crippen molar-refractivity contribution in [2.45, 2.75) is 57.7 Å². The van der Waals surface area contributed by atoms with E-state index in [0.29, 0.717) is 38.5 Å². The van der Waals surface area contributed by atoms with Crippen LogP contribution in [-0.4, -0.2) is 64.7 Å². The Morgan fingerprint density at radius 2 is 1.98 bits per heavy atom. The SMILES string of the molecule is CC(=O)C(CCN(CCCCc1ccc2c(n1)NCCC2)CCOc1ccccc1)Nc1ncc(C(F)(F)F)c[n+]1O. The largest absolute Gasteiger partial charge is 0.492 e. The molecule has 226 valence electrons. The number of hydrogen-bond donors (Lipinski definition) is 3. The minimum Gasteiger partial charge on any atom is -0.492 e. The van der Waals surface area contributed by atoms with Crippen LogP contribution in [0.15, 0.2) is 54.9 Å². The lowest BCUT2D eigenvalue weighted by molar-refractivity contribution is -0.895. The molecule has 9 nitrogen and oxygen atoms in total. The third kappa shape index (κ3) is 9.30. The van der Waals surface area contributed by atoms with E-state index in [1.165, 1.54) is 12.5 Å². The van der Waals surface area contributed by atoms with Gasteiger partial charge in [0.15, 0.2) is 5.78 Å². The predicted molar refractivity (Wildman–Crippen MR) is 152 cm³/mol. The van der Waals surface area contributed by atoms with Crippen molar-refractivity contribution in [3.8, 4) is 5.75 Å². The van der Waals surface area contributed by atoms with Crippen molar-refractivity contribution in [2.24, 2.45) is 0 Å². The molecular weight excluding hydrogens is 549 g/mol. The second-order valence-electron chi connectivity index (χ2n) is 10.4. The normalized spacial score (nSPS) is 13.7. The molecule has 0 amide bonds. The lowest BCUT2D eigenvalue weighted by atomic mass is 10.1. The Labute approximate surface area is 243 Å².